The summed E-state index contributed by atoms with van der Waals surface area (Å²) in [5, 5.41) is 19.8. The highest BCUT2D eigenvalue weighted by Gasteiger charge is 2.15. The molecule has 0 aliphatic rings. The van der Waals surface area contributed by atoms with E-state index in [1.807, 2.05) is 0 Å². The molecule has 0 saturated heterocycles. The van der Waals surface area contributed by atoms with Gasteiger partial charge in [0.1, 0.15) is 12.4 Å². The van der Waals surface area contributed by atoms with E-state index in [1.54, 1.807) is 24.3 Å². The van der Waals surface area contributed by atoms with Crippen molar-refractivity contribution >= 4 is 29.1 Å². The maximum Gasteiger partial charge on any atom is 0.310 e. The van der Waals surface area contributed by atoms with Gasteiger partial charge in [-0.3, -0.25) is 14.4 Å². The van der Waals surface area contributed by atoms with E-state index in [-0.39, 0.29) is 23.6 Å². The Morgan fingerprint density at radius 3 is 2.17 bits per heavy atom. The third-order valence-corrected chi connectivity index (χ3v) is 3.01. The highest BCUT2D eigenvalue weighted by Crippen LogP contribution is 2.11. The number of carbonyl (C=O) groups excluding carboxylic acids is 3. The first kappa shape index (κ1) is 19.1. The standard InChI is InChI=1S/C17H20N2O5/c1-10(18)17(11(2)20)15(22)9-24-16(23)8-13-4-6-14(7-5-13)19-12(3)21/h4-7,18,22H,8-9H2,1-3H3,(H,19,21)/b17-15+,18-10?. The minimum Gasteiger partial charge on any atom is -0.508 e. The number of ether oxygens (including phenoxy) is 1. The molecule has 0 saturated carbocycles. The number of rotatable bonds is 7. The van der Waals surface area contributed by atoms with Crippen molar-refractivity contribution in [3.05, 3.63) is 41.2 Å². The zero-order valence-electron chi connectivity index (χ0n) is 13.8. The number of esters is 1. The number of hydrogen-bond acceptors (Lipinski definition) is 6. The Labute approximate surface area is 139 Å². The molecule has 0 fully saturated rings. The van der Waals surface area contributed by atoms with Crippen LogP contribution in [0.4, 0.5) is 5.69 Å². The number of carbonyl (C=O) groups is 3. The SMILES string of the molecule is CC(=N)/C(C(C)=O)=C(\O)COC(=O)Cc1ccc(NC(C)=O)cc1. The van der Waals surface area contributed by atoms with E-state index in [9.17, 15) is 19.5 Å². The summed E-state index contributed by atoms with van der Waals surface area (Å²) in [6.45, 7) is 3.53. The molecule has 3 N–H and O–H groups in total. The first-order valence-electron chi connectivity index (χ1n) is 7.21. The molecule has 0 atom stereocenters. The summed E-state index contributed by atoms with van der Waals surface area (Å²) in [6.07, 6.45) is -0.0212. The number of Topliss-reactive ketones (excluding diaryl/α,β-unsaturated/α-hetero) is 1. The zero-order valence-corrected chi connectivity index (χ0v) is 13.8. The predicted octanol–water partition coefficient (Wildman–Crippen LogP) is 2.17. The van der Waals surface area contributed by atoms with E-state index >= 15 is 0 Å². The van der Waals surface area contributed by atoms with Crippen LogP contribution in [0.2, 0.25) is 0 Å². The topological polar surface area (TPSA) is 117 Å². The van der Waals surface area contributed by atoms with Crippen molar-refractivity contribution in [1.82, 2.24) is 0 Å². The minimum atomic E-state index is -0.584. The lowest BCUT2D eigenvalue weighted by atomic mass is 10.1. The molecule has 0 unspecified atom stereocenters. The Balaban J connectivity index is 2.63. The maximum atomic E-state index is 11.8. The molecule has 0 bridgehead atoms. The number of aliphatic hydroxyl groups is 1. The Morgan fingerprint density at radius 1 is 1.12 bits per heavy atom. The summed E-state index contributed by atoms with van der Waals surface area (Å²) in [4.78, 5) is 34.0. The summed E-state index contributed by atoms with van der Waals surface area (Å²) in [6, 6.07) is 6.66. The van der Waals surface area contributed by atoms with Gasteiger partial charge in [-0.05, 0) is 31.5 Å². The number of benzene rings is 1. The van der Waals surface area contributed by atoms with Crippen molar-refractivity contribution in [1.29, 1.82) is 5.41 Å². The quantitative estimate of drug-likeness (QED) is 0.306. The number of amides is 1. The second-order valence-corrected chi connectivity index (χ2v) is 5.22. The lowest BCUT2D eigenvalue weighted by molar-refractivity contribution is -0.142. The normalized spacial score (nSPS) is 11.3. The maximum absolute atomic E-state index is 11.8. The number of allylic oxidation sites excluding steroid dienone is 1. The molecule has 1 aromatic carbocycles. The van der Waals surface area contributed by atoms with E-state index in [4.69, 9.17) is 10.1 Å². The summed E-state index contributed by atoms with van der Waals surface area (Å²) in [7, 11) is 0. The van der Waals surface area contributed by atoms with Crippen molar-refractivity contribution in [2.75, 3.05) is 11.9 Å². The molecule has 1 amide bonds. The molecule has 1 aromatic rings. The second kappa shape index (κ2) is 8.61. The van der Waals surface area contributed by atoms with Gasteiger partial charge in [0.2, 0.25) is 5.91 Å². The Morgan fingerprint density at radius 2 is 1.71 bits per heavy atom. The molecule has 0 aliphatic carbocycles. The average Bonchev–Trinajstić information content (AvgIpc) is 2.46. The molecule has 128 valence electrons. The largest absolute Gasteiger partial charge is 0.508 e. The van der Waals surface area contributed by atoms with Crippen molar-refractivity contribution in [2.45, 2.75) is 27.2 Å². The van der Waals surface area contributed by atoms with E-state index in [2.05, 4.69) is 5.32 Å². The molecule has 0 heterocycles. The van der Waals surface area contributed by atoms with Crippen LogP contribution in [0, 0.1) is 5.41 Å². The number of aliphatic hydroxyl groups excluding tert-OH is 1. The number of hydrogen-bond donors (Lipinski definition) is 3. The highest BCUT2D eigenvalue weighted by atomic mass is 16.5. The molecule has 7 nitrogen and oxygen atoms in total. The van der Waals surface area contributed by atoms with Gasteiger partial charge in [0.15, 0.2) is 5.78 Å². The van der Waals surface area contributed by atoms with Crippen LogP contribution in [0.1, 0.15) is 26.3 Å². The van der Waals surface area contributed by atoms with Gasteiger partial charge in [-0.2, -0.15) is 0 Å². The summed E-state index contributed by atoms with van der Waals surface area (Å²) < 4.78 is 4.92. The third-order valence-electron chi connectivity index (χ3n) is 3.01. The van der Waals surface area contributed by atoms with Gasteiger partial charge in [0.05, 0.1) is 12.0 Å². The molecular weight excluding hydrogens is 312 g/mol. The monoisotopic (exact) mass is 332 g/mol. The molecule has 7 heteroatoms. The predicted molar refractivity (Wildman–Crippen MR) is 89.1 cm³/mol. The third kappa shape index (κ3) is 6.04. The van der Waals surface area contributed by atoms with Gasteiger partial charge >= 0.3 is 5.97 Å². The van der Waals surface area contributed by atoms with Gasteiger partial charge in [0.25, 0.3) is 0 Å². The Bertz CT molecular complexity index is 673. The van der Waals surface area contributed by atoms with Crippen LogP contribution in [-0.2, 0) is 25.5 Å². The molecule has 24 heavy (non-hydrogen) atoms. The van der Waals surface area contributed by atoms with Gasteiger partial charge in [-0.25, -0.2) is 0 Å². The minimum absolute atomic E-state index is 0.0212. The van der Waals surface area contributed by atoms with E-state index in [0.29, 0.717) is 11.3 Å². The summed E-state index contributed by atoms with van der Waals surface area (Å²) in [5.74, 6) is -1.68. The Kier molecular flexibility index (Phi) is 6.85. The van der Waals surface area contributed by atoms with Gasteiger partial charge < -0.3 is 20.6 Å². The fourth-order valence-electron chi connectivity index (χ4n) is 2.03. The number of ketones is 1. The molecule has 0 spiro atoms. The lowest BCUT2D eigenvalue weighted by Gasteiger charge is -2.08. The van der Waals surface area contributed by atoms with Crippen LogP contribution >= 0.6 is 0 Å². The van der Waals surface area contributed by atoms with Crippen molar-refractivity contribution in [2.24, 2.45) is 0 Å². The van der Waals surface area contributed by atoms with Crippen molar-refractivity contribution in [3.8, 4) is 0 Å². The van der Waals surface area contributed by atoms with E-state index in [1.165, 1.54) is 20.8 Å². The van der Waals surface area contributed by atoms with Gasteiger partial charge in [-0.1, -0.05) is 12.1 Å². The zero-order chi connectivity index (χ0) is 18.3. The van der Waals surface area contributed by atoms with Crippen molar-refractivity contribution < 1.29 is 24.2 Å². The summed E-state index contributed by atoms with van der Waals surface area (Å²) in [5.41, 5.74) is 1.05. The van der Waals surface area contributed by atoms with E-state index in [0.717, 1.165) is 0 Å². The van der Waals surface area contributed by atoms with Crippen LogP contribution in [0.25, 0.3) is 0 Å². The molecule has 1 rings (SSSR count). The lowest BCUT2D eigenvalue weighted by Crippen LogP contribution is -2.16. The van der Waals surface area contributed by atoms with Crippen LogP contribution in [0.5, 0.6) is 0 Å². The van der Waals surface area contributed by atoms with E-state index < -0.39 is 24.1 Å². The van der Waals surface area contributed by atoms with Gasteiger partial charge in [0, 0.05) is 18.3 Å². The number of nitrogens with one attached hydrogen (secondary N) is 2. The first-order chi connectivity index (χ1) is 11.2. The van der Waals surface area contributed by atoms with Crippen molar-refractivity contribution in [3.63, 3.8) is 0 Å². The Hall–Kier alpha value is -2.96. The highest BCUT2D eigenvalue weighted by molar-refractivity contribution is 6.19. The fraction of sp³-hybridized carbons (Fsp3) is 0.294. The van der Waals surface area contributed by atoms with Crippen LogP contribution in [-0.4, -0.2) is 35.1 Å². The fourth-order valence-corrected chi connectivity index (χ4v) is 2.03. The molecule has 0 radical (unpaired) electrons. The van der Waals surface area contributed by atoms with Crippen LogP contribution in [0.3, 0.4) is 0 Å². The summed E-state index contributed by atoms with van der Waals surface area (Å²) >= 11 is 0. The molecule has 0 aliphatic heterocycles. The van der Waals surface area contributed by atoms with Gasteiger partial charge in [-0.15, -0.1) is 0 Å². The first-order valence-corrected chi connectivity index (χ1v) is 7.21. The number of anilines is 1. The average molecular weight is 332 g/mol. The van der Waals surface area contributed by atoms with Crippen LogP contribution in [0.15, 0.2) is 35.6 Å². The molecule has 0 aromatic heterocycles. The second-order valence-electron chi connectivity index (χ2n) is 5.22. The van der Waals surface area contributed by atoms with Crippen LogP contribution < -0.4 is 5.32 Å². The smallest absolute Gasteiger partial charge is 0.310 e. The molecular formula is C17H20N2O5.